The number of pyridine rings is 1. The molecule has 0 spiro atoms. The summed E-state index contributed by atoms with van der Waals surface area (Å²) in [5.74, 6) is -0.900. The number of nitrogens with one attached hydrogen (secondary N) is 2. The predicted molar refractivity (Wildman–Crippen MR) is 106 cm³/mol. The zero-order valence-corrected chi connectivity index (χ0v) is 16.5. The van der Waals surface area contributed by atoms with Crippen LogP contribution >= 0.6 is 23.2 Å². The van der Waals surface area contributed by atoms with Gasteiger partial charge in [-0.15, -0.1) is 0 Å². The van der Waals surface area contributed by atoms with Crippen LogP contribution in [0.1, 0.15) is 24.3 Å². The molecule has 0 aliphatic heterocycles. The SMILES string of the molecule is CC(=O)NCc1ccc(-c2ccc([C@@H](O)[C@@H](CF)NC(=O)C(Cl)Cl)cc2)cn1. The van der Waals surface area contributed by atoms with Crippen LogP contribution in [-0.2, 0) is 16.1 Å². The molecule has 1 aromatic carbocycles. The van der Waals surface area contributed by atoms with E-state index in [0.29, 0.717) is 12.1 Å². The molecule has 0 aliphatic rings. The zero-order valence-electron chi connectivity index (χ0n) is 15.0. The monoisotopic (exact) mass is 427 g/mol. The highest BCUT2D eigenvalue weighted by molar-refractivity contribution is 6.53. The van der Waals surface area contributed by atoms with Crippen LogP contribution in [0.15, 0.2) is 42.6 Å². The van der Waals surface area contributed by atoms with E-state index < -0.39 is 29.6 Å². The molecule has 0 aliphatic carbocycles. The van der Waals surface area contributed by atoms with Gasteiger partial charge in [-0.25, -0.2) is 4.39 Å². The van der Waals surface area contributed by atoms with Gasteiger partial charge >= 0.3 is 0 Å². The van der Waals surface area contributed by atoms with Crippen LogP contribution in [0.5, 0.6) is 0 Å². The predicted octanol–water partition coefficient (Wildman–Crippen LogP) is 2.68. The van der Waals surface area contributed by atoms with Gasteiger partial charge < -0.3 is 15.7 Å². The first-order valence-corrected chi connectivity index (χ1v) is 9.31. The number of aromatic nitrogens is 1. The lowest BCUT2D eigenvalue weighted by atomic mass is 9.99. The van der Waals surface area contributed by atoms with Gasteiger partial charge in [-0.1, -0.05) is 53.5 Å². The first kappa shape index (κ1) is 22.1. The molecule has 0 bridgehead atoms. The first-order chi connectivity index (χ1) is 13.3. The third kappa shape index (κ3) is 6.15. The molecule has 0 radical (unpaired) electrons. The van der Waals surface area contributed by atoms with E-state index in [4.69, 9.17) is 23.2 Å². The second-order valence-electron chi connectivity index (χ2n) is 6.08. The minimum absolute atomic E-state index is 0.129. The van der Waals surface area contributed by atoms with E-state index in [2.05, 4.69) is 15.6 Å². The van der Waals surface area contributed by atoms with E-state index in [1.54, 1.807) is 36.5 Å². The summed E-state index contributed by atoms with van der Waals surface area (Å²) in [6.07, 6.45) is 0.419. The van der Waals surface area contributed by atoms with Crippen molar-refractivity contribution in [2.24, 2.45) is 0 Å². The summed E-state index contributed by atoms with van der Waals surface area (Å²) in [6, 6.07) is 9.29. The fourth-order valence-electron chi connectivity index (χ4n) is 2.47. The van der Waals surface area contributed by atoms with Crippen LogP contribution in [0.4, 0.5) is 4.39 Å². The largest absolute Gasteiger partial charge is 0.386 e. The molecular formula is C19H20Cl2FN3O3. The Bertz CT molecular complexity index is 801. The van der Waals surface area contributed by atoms with Crippen molar-refractivity contribution < 1.29 is 19.1 Å². The minimum Gasteiger partial charge on any atom is -0.386 e. The number of halogens is 3. The molecular weight excluding hydrogens is 408 g/mol. The van der Waals surface area contributed by atoms with E-state index in [0.717, 1.165) is 16.8 Å². The van der Waals surface area contributed by atoms with E-state index in [1.165, 1.54) is 6.92 Å². The molecule has 0 unspecified atom stereocenters. The van der Waals surface area contributed by atoms with Crippen LogP contribution in [0.25, 0.3) is 11.1 Å². The standard InChI is InChI=1S/C19H20Cl2FN3O3/c1-11(26)23-10-15-7-6-14(9-24-15)12-2-4-13(5-3-12)17(27)16(8-22)25-19(28)18(20)21/h2-7,9,16-18,27H,8,10H2,1H3,(H,23,26)(H,25,28)/t16-,17-/m1/s1. The third-order valence-corrected chi connectivity index (χ3v) is 4.40. The summed E-state index contributed by atoms with van der Waals surface area (Å²) < 4.78 is 13.2. The van der Waals surface area contributed by atoms with Gasteiger partial charge in [-0.05, 0) is 17.2 Å². The number of nitrogens with zero attached hydrogens (tertiary/aromatic N) is 1. The maximum Gasteiger partial charge on any atom is 0.253 e. The molecule has 28 heavy (non-hydrogen) atoms. The molecule has 3 N–H and O–H groups in total. The highest BCUT2D eigenvalue weighted by Crippen LogP contribution is 2.24. The number of benzene rings is 1. The van der Waals surface area contributed by atoms with Crippen molar-refractivity contribution in [3.8, 4) is 11.1 Å². The average molecular weight is 428 g/mol. The van der Waals surface area contributed by atoms with Crippen molar-refractivity contribution in [2.75, 3.05) is 6.67 Å². The molecule has 0 saturated heterocycles. The van der Waals surface area contributed by atoms with E-state index in [9.17, 15) is 19.1 Å². The number of carbonyl (C=O) groups excluding carboxylic acids is 2. The summed E-state index contributed by atoms with van der Waals surface area (Å²) in [7, 11) is 0. The Labute approximate surface area is 172 Å². The number of amides is 2. The molecule has 150 valence electrons. The van der Waals surface area contributed by atoms with E-state index in [-0.39, 0.29) is 5.91 Å². The summed E-state index contributed by atoms with van der Waals surface area (Å²) in [6.45, 7) is 0.810. The molecule has 0 saturated carbocycles. The van der Waals surface area contributed by atoms with Crippen LogP contribution in [-0.4, -0.2) is 39.5 Å². The highest BCUT2D eigenvalue weighted by atomic mass is 35.5. The Morgan fingerprint density at radius 2 is 1.79 bits per heavy atom. The first-order valence-electron chi connectivity index (χ1n) is 8.44. The fourth-order valence-corrected chi connectivity index (χ4v) is 2.59. The van der Waals surface area contributed by atoms with Crippen LogP contribution in [0, 0.1) is 0 Å². The second-order valence-corrected chi connectivity index (χ2v) is 7.18. The second kappa shape index (κ2) is 10.4. The molecule has 2 amide bonds. The Morgan fingerprint density at radius 3 is 2.29 bits per heavy atom. The maximum atomic E-state index is 13.2. The van der Waals surface area contributed by atoms with Gasteiger partial charge in [0.2, 0.25) is 5.91 Å². The lowest BCUT2D eigenvalue weighted by Crippen LogP contribution is -2.43. The lowest BCUT2D eigenvalue weighted by Gasteiger charge is -2.22. The van der Waals surface area contributed by atoms with Gasteiger partial charge in [-0.3, -0.25) is 14.6 Å². The van der Waals surface area contributed by atoms with E-state index in [1.807, 2.05) is 6.07 Å². The summed E-state index contributed by atoms with van der Waals surface area (Å²) in [5, 5.41) is 15.3. The van der Waals surface area contributed by atoms with Crippen molar-refractivity contribution in [1.29, 1.82) is 0 Å². The Morgan fingerprint density at radius 1 is 1.14 bits per heavy atom. The Hall–Kier alpha value is -2.22. The van der Waals surface area contributed by atoms with Gasteiger partial charge in [-0.2, -0.15) is 0 Å². The molecule has 9 heteroatoms. The number of alkyl halides is 3. The molecule has 2 atom stereocenters. The van der Waals surface area contributed by atoms with Gasteiger partial charge in [0.15, 0.2) is 4.84 Å². The molecule has 2 aromatic rings. The van der Waals surface area contributed by atoms with Crippen molar-refractivity contribution in [3.63, 3.8) is 0 Å². The lowest BCUT2D eigenvalue weighted by molar-refractivity contribution is -0.121. The number of hydrogen-bond acceptors (Lipinski definition) is 4. The summed E-state index contributed by atoms with van der Waals surface area (Å²) in [4.78, 5) is 25.4. The molecule has 6 nitrogen and oxygen atoms in total. The third-order valence-electron chi connectivity index (χ3n) is 4.00. The van der Waals surface area contributed by atoms with Crippen LogP contribution in [0.2, 0.25) is 0 Å². The summed E-state index contributed by atoms with van der Waals surface area (Å²) >= 11 is 10.9. The van der Waals surface area contributed by atoms with Crippen molar-refractivity contribution in [2.45, 2.75) is 30.5 Å². The average Bonchev–Trinajstić information content (AvgIpc) is 2.70. The number of aliphatic hydroxyl groups excluding tert-OH is 1. The van der Waals surface area contributed by atoms with Gasteiger partial charge in [0.05, 0.1) is 18.3 Å². The van der Waals surface area contributed by atoms with Crippen LogP contribution < -0.4 is 10.6 Å². The van der Waals surface area contributed by atoms with Crippen molar-refractivity contribution in [1.82, 2.24) is 15.6 Å². The Balaban J connectivity index is 2.07. The number of hydrogen-bond donors (Lipinski definition) is 3. The van der Waals surface area contributed by atoms with Gasteiger partial charge in [0.25, 0.3) is 5.91 Å². The van der Waals surface area contributed by atoms with Gasteiger partial charge in [0.1, 0.15) is 12.8 Å². The normalized spacial score (nSPS) is 13.1. The molecule has 1 heterocycles. The molecule has 2 rings (SSSR count). The fraction of sp³-hybridized carbons (Fsp3) is 0.316. The maximum absolute atomic E-state index is 13.2. The highest BCUT2D eigenvalue weighted by Gasteiger charge is 2.25. The number of rotatable bonds is 8. The minimum atomic E-state index is -1.34. The zero-order chi connectivity index (χ0) is 20.7. The van der Waals surface area contributed by atoms with Crippen molar-refractivity contribution in [3.05, 3.63) is 53.9 Å². The topological polar surface area (TPSA) is 91.3 Å². The van der Waals surface area contributed by atoms with Gasteiger partial charge in [0, 0.05) is 18.7 Å². The van der Waals surface area contributed by atoms with E-state index >= 15 is 0 Å². The molecule has 0 fully saturated rings. The quantitative estimate of drug-likeness (QED) is 0.564. The molecule has 1 aromatic heterocycles. The Kier molecular flexibility index (Phi) is 8.17. The number of aliphatic hydroxyl groups is 1. The summed E-state index contributed by atoms with van der Waals surface area (Å²) in [5.41, 5.74) is 2.85. The number of carbonyl (C=O) groups is 2. The van der Waals surface area contributed by atoms with Crippen molar-refractivity contribution >= 4 is 35.0 Å². The smallest absolute Gasteiger partial charge is 0.253 e. The van der Waals surface area contributed by atoms with Crippen LogP contribution in [0.3, 0.4) is 0 Å².